The largest absolute Gasteiger partial charge is 0.309 e. The molecule has 0 heterocycles. The van der Waals surface area contributed by atoms with Gasteiger partial charge in [-0.05, 0) is 95.7 Å². The topological polar surface area (TPSA) is 3.24 Å². The zero-order chi connectivity index (χ0) is 33.4. The van der Waals surface area contributed by atoms with Crippen molar-refractivity contribution < 1.29 is 0 Å². The monoisotopic (exact) mass is 637 g/mol. The number of fused-ring (bicyclic) bond motifs is 9. The van der Waals surface area contributed by atoms with Gasteiger partial charge in [0.15, 0.2) is 0 Å². The standard InChI is InChI=1S/C49H35N/c1-49(2)44-18-9-7-17-42(44)48-45(49)19-11-21-47(48)50(46-20-10-8-16-39(46)36-23-22-32-12-3-4-14-35(32)30-36)37-27-24-34-26-28-40-38-15-6-5-13-33(38)25-29-41(40)43(34)31-37/h3-31H,1-2H3. The molecule has 236 valence electrons. The van der Waals surface area contributed by atoms with Gasteiger partial charge in [0.25, 0.3) is 0 Å². The van der Waals surface area contributed by atoms with E-state index in [-0.39, 0.29) is 5.41 Å². The number of nitrogens with zero attached hydrogens (tertiary/aromatic N) is 1. The van der Waals surface area contributed by atoms with Gasteiger partial charge in [-0.2, -0.15) is 0 Å². The van der Waals surface area contributed by atoms with Crippen molar-refractivity contribution in [3.05, 3.63) is 187 Å². The molecular formula is C49H35N. The van der Waals surface area contributed by atoms with Gasteiger partial charge in [-0.3, -0.25) is 0 Å². The fourth-order valence-electron chi connectivity index (χ4n) is 8.54. The average molecular weight is 638 g/mol. The highest BCUT2D eigenvalue weighted by Gasteiger charge is 2.38. The van der Waals surface area contributed by atoms with E-state index in [0.717, 1.165) is 11.4 Å². The predicted molar refractivity (Wildman–Crippen MR) is 214 cm³/mol. The van der Waals surface area contributed by atoms with Crippen LogP contribution >= 0.6 is 0 Å². The van der Waals surface area contributed by atoms with Gasteiger partial charge in [0.05, 0.1) is 11.4 Å². The quantitative estimate of drug-likeness (QED) is 0.174. The number of rotatable bonds is 4. The second-order valence-electron chi connectivity index (χ2n) is 14.1. The number of para-hydroxylation sites is 1. The summed E-state index contributed by atoms with van der Waals surface area (Å²) in [5, 5.41) is 10.1. The molecule has 0 saturated carbocycles. The smallest absolute Gasteiger partial charge is 0.0543 e. The summed E-state index contributed by atoms with van der Waals surface area (Å²) in [4.78, 5) is 2.51. The lowest BCUT2D eigenvalue weighted by molar-refractivity contribution is 0.660. The molecule has 0 radical (unpaired) electrons. The Morgan fingerprint density at radius 3 is 1.84 bits per heavy atom. The third kappa shape index (κ3) is 4.27. The lowest BCUT2D eigenvalue weighted by atomic mass is 9.82. The molecule has 0 fully saturated rings. The number of hydrogen-bond donors (Lipinski definition) is 0. The molecule has 0 aromatic heterocycles. The molecule has 1 aliphatic carbocycles. The van der Waals surface area contributed by atoms with Crippen molar-refractivity contribution in [1.82, 2.24) is 0 Å². The zero-order valence-electron chi connectivity index (χ0n) is 28.2. The highest BCUT2D eigenvalue weighted by Crippen LogP contribution is 2.55. The average Bonchev–Trinajstić information content (AvgIpc) is 3.41. The van der Waals surface area contributed by atoms with E-state index in [1.807, 2.05) is 0 Å². The molecule has 0 amide bonds. The molecular weight excluding hydrogens is 603 g/mol. The second kappa shape index (κ2) is 10.9. The van der Waals surface area contributed by atoms with Crippen molar-refractivity contribution >= 4 is 60.2 Å². The summed E-state index contributed by atoms with van der Waals surface area (Å²) in [5.41, 5.74) is 11.2. The number of anilines is 3. The molecule has 1 nitrogen and oxygen atoms in total. The SMILES string of the molecule is CC1(C)c2ccccc2-c2c(N(c3ccc4ccc5c6ccccc6ccc5c4c3)c3ccccc3-c3ccc4ccccc4c3)cccc21. The van der Waals surface area contributed by atoms with Gasteiger partial charge in [0.2, 0.25) is 0 Å². The van der Waals surface area contributed by atoms with E-state index in [1.54, 1.807) is 0 Å². The molecule has 0 N–H and O–H groups in total. The van der Waals surface area contributed by atoms with Crippen molar-refractivity contribution in [2.75, 3.05) is 4.90 Å². The molecule has 9 aromatic carbocycles. The molecule has 10 rings (SSSR count). The fourth-order valence-corrected chi connectivity index (χ4v) is 8.54. The van der Waals surface area contributed by atoms with Crippen molar-refractivity contribution in [3.8, 4) is 22.3 Å². The summed E-state index contributed by atoms with van der Waals surface area (Å²) in [6.45, 7) is 4.72. The Morgan fingerprint density at radius 1 is 0.380 bits per heavy atom. The third-order valence-corrected chi connectivity index (χ3v) is 11.0. The van der Waals surface area contributed by atoms with E-state index < -0.39 is 0 Å². The highest BCUT2D eigenvalue weighted by molar-refractivity contribution is 6.18. The Labute approximate surface area is 292 Å². The number of hydrogen-bond acceptors (Lipinski definition) is 1. The summed E-state index contributed by atoms with van der Waals surface area (Å²) in [5.74, 6) is 0. The fraction of sp³-hybridized carbons (Fsp3) is 0.0612. The molecule has 0 unspecified atom stereocenters. The third-order valence-electron chi connectivity index (χ3n) is 11.0. The molecule has 9 aromatic rings. The van der Waals surface area contributed by atoms with Gasteiger partial charge in [-0.15, -0.1) is 0 Å². The minimum atomic E-state index is -0.105. The van der Waals surface area contributed by atoms with Crippen LogP contribution < -0.4 is 4.90 Å². The minimum Gasteiger partial charge on any atom is -0.309 e. The maximum absolute atomic E-state index is 2.51. The van der Waals surface area contributed by atoms with Crippen LogP contribution in [0.2, 0.25) is 0 Å². The summed E-state index contributed by atoms with van der Waals surface area (Å²) in [7, 11) is 0. The first kappa shape index (κ1) is 28.8. The van der Waals surface area contributed by atoms with Gasteiger partial charge in [-0.25, -0.2) is 0 Å². The minimum absolute atomic E-state index is 0.105. The van der Waals surface area contributed by atoms with Gasteiger partial charge >= 0.3 is 0 Å². The van der Waals surface area contributed by atoms with E-state index in [2.05, 4.69) is 195 Å². The number of benzene rings is 9. The van der Waals surface area contributed by atoms with Crippen LogP contribution in [0, 0.1) is 0 Å². The zero-order valence-corrected chi connectivity index (χ0v) is 28.2. The Bertz CT molecular complexity index is 2800. The van der Waals surface area contributed by atoms with Crippen LogP contribution in [0.4, 0.5) is 17.1 Å². The molecule has 0 aliphatic heterocycles. The normalized spacial score (nSPS) is 13.2. The summed E-state index contributed by atoms with van der Waals surface area (Å²) < 4.78 is 0. The molecule has 0 atom stereocenters. The van der Waals surface area contributed by atoms with Crippen LogP contribution in [0.15, 0.2) is 176 Å². The Balaban J connectivity index is 1.28. The van der Waals surface area contributed by atoms with Crippen LogP contribution in [0.1, 0.15) is 25.0 Å². The van der Waals surface area contributed by atoms with Crippen molar-refractivity contribution in [3.63, 3.8) is 0 Å². The summed E-state index contributed by atoms with van der Waals surface area (Å²) >= 11 is 0. The maximum Gasteiger partial charge on any atom is 0.0543 e. The first-order valence-corrected chi connectivity index (χ1v) is 17.5. The van der Waals surface area contributed by atoms with Gasteiger partial charge in [-0.1, -0.05) is 159 Å². The lowest BCUT2D eigenvalue weighted by Crippen LogP contribution is -2.16. The van der Waals surface area contributed by atoms with Crippen LogP contribution in [0.25, 0.3) is 65.3 Å². The van der Waals surface area contributed by atoms with Crippen molar-refractivity contribution in [2.45, 2.75) is 19.3 Å². The first-order valence-electron chi connectivity index (χ1n) is 17.5. The Hall–Kier alpha value is -6.18. The first-order chi connectivity index (χ1) is 24.6. The van der Waals surface area contributed by atoms with E-state index in [0.29, 0.717) is 0 Å². The molecule has 0 saturated heterocycles. The summed E-state index contributed by atoms with van der Waals surface area (Å²) in [6, 6.07) is 65.1. The lowest BCUT2D eigenvalue weighted by Gasteiger charge is -2.31. The second-order valence-corrected chi connectivity index (χ2v) is 14.1. The maximum atomic E-state index is 2.51. The van der Waals surface area contributed by atoms with Crippen molar-refractivity contribution in [2.24, 2.45) is 0 Å². The van der Waals surface area contributed by atoms with E-state index >= 15 is 0 Å². The molecule has 1 aliphatic rings. The van der Waals surface area contributed by atoms with Gasteiger partial charge in [0, 0.05) is 22.2 Å². The summed E-state index contributed by atoms with van der Waals surface area (Å²) in [6.07, 6.45) is 0. The van der Waals surface area contributed by atoms with Gasteiger partial charge in [0.1, 0.15) is 0 Å². The van der Waals surface area contributed by atoms with Crippen LogP contribution in [0.3, 0.4) is 0 Å². The van der Waals surface area contributed by atoms with E-state index in [4.69, 9.17) is 0 Å². The van der Waals surface area contributed by atoms with Crippen LogP contribution in [-0.2, 0) is 5.41 Å². The Kier molecular flexibility index (Phi) is 6.29. The van der Waals surface area contributed by atoms with Crippen LogP contribution in [0.5, 0.6) is 0 Å². The van der Waals surface area contributed by atoms with E-state index in [1.165, 1.54) is 82.2 Å². The molecule has 1 heteroatoms. The van der Waals surface area contributed by atoms with Crippen molar-refractivity contribution in [1.29, 1.82) is 0 Å². The van der Waals surface area contributed by atoms with E-state index in [9.17, 15) is 0 Å². The Morgan fingerprint density at radius 2 is 0.980 bits per heavy atom. The molecule has 50 heavy (non-hydrogen) atoms. The molecule has 0 spiro atoms. The predicted octanol–water partition coefficient (Wildman–Crippen LogP) is 13.7. The van der Waals surface area contributed by atoms with Gasteiger partial charge < -0.3 is 4.90 Å². The molecule has 0 bridgehead atoms. The van der Waals surface area contributed by atoms with Crippen LogP contribution in [-0.4, -0.2) is 0 Å². The highest BCUT2D eigenvalue weighted by atomic mass is 15.1.